The average molecular weight is 321 g/mol. The van der Waals surface area contributed by atoms with Crippen LogP contribution < -0.4 is 10.9 Å². The van der Waals surface area contributed by atoms with Gasteiger partial charge in [-0.25, -0.2) is 14.8 Å². The number of thiocarbonyl (C=S) groups is 1. The maximum atomic E-state index is 11.8. The van der Waals surface area contributed by atoms with Gasteiger partial charge in [0.2, 0.25) is 12.1 Å². The molecule has 0 amide bonds. The molecule has 2 rings (SSSR count). The van der Waals surface area contributed by atoms with Crippen LogP contribution in [0.4, 0.5) is 0 Å². The molecule has 0 aromatic carbocycles. The quantitative estimate of drug-likeness (QED) is 0.585. The van der Waals surface area contributed by atoms with Gasteiger partial charge in [0.1, 0.15) is 11.3 Å². The second kappa shape index (κ2) is 5.49. The van der Waals surface area contributed by atoms with Crippen LogP contribution in [-0.2, 0) is 24.0 Å². The number of Topliss-reactive ketones (excluding diaryl/α,β-unsaturated/α-hetero) is 1. The lowest BCUT2D eigenvalue weighted by atomic mass is 10.2. The Labute approximate surface area is 119 Å². The van der Waals surface area contributed by atoms with Crippen LogP contribution in [0.2, 0.25) is 0 Å². The molecule has 10 nitrogen and oxygen atoms in total. The van der Waals surface area contributed by atoms with Gasteiger partial charge in [-0.15, -0.1) is 5.10 Å². The minimum absolute atomic E-state index is 0.0108. The van der Waals surface area contributed by atoms with E-state index in [0.29, 0.717) is 0 Å². The van der Waals surface area contributed by atoms with Gasteiger partial charge >= 0.3 is 10.3 Å². The van der Waals surface area contributed by atoms with Crippen molar-refractivity contribution in [3.8, 4) is 0 Å². The first-order valence-electron chi connectivity index (χ1n) is 5.32. The van der Waals surface area contributed by atoms with Crippen molar-refractivity contribution in [2.75, 3.05) is 6.61 Å². The number of nitrogens with two attached hydrogens (primary N) is 2. The highest BCUT2D eigenvalue weighted by molar-refractivity contribution is 7.84. The number of aromatic nitrogens is 3. The van der Waals surface area contributed by atoms with E-state index in [1.807, 2.05) is 0 Å². The Bertz CT molecular complexity index is 641. The summed E-state index contributed by atoms with van der Waals surface area (Å²) in [4.78, 5) is 15.6. The summed E-state index contributed by atoms with van der Waals surface area (Å²) in [5.74, 6) is -0.187. The van der Waals surface area contributed by atoms with Crippen LogP contribution in [0.25, 0.3) is 0 Å². The van der Waals surface area contributed by atoms with Crippen molar-refractivity contribution in [3.63, 3.8) is 0 Å². The van der Waals surface area contributed by atoms with Crippen LogP contribution in [0.15, 0.2) is 6.33 Å². The van der Waals surface area contributed by atoms with Gasteiger partial charge in [0.25, 0.3) is 0 Å². The van der Waals surface area contributed by atoms with Crippen molar-refractivity contribution in [2.24, 2.45) is 10.9 Å². The van der Waals surface area contributed by atoms with Gasteiger partial charge < -0.3 is 10.5 Å². The number of ether oxygens (including phenoxy) is 1. The Balaban J connectivity index is 2.03. The molecule has 0 unspecified atom stereocenters. The molecular weight excluding hydrogens is 310 g/mol. The number of hydrogen-bond acceptors (Lipinski definition) is 8. The summed E-state index contributed by atoms with van der Waals surface area (Å²) in [6.07, 6.45) is -0.523. The van der Waals surface area contributed by atoms with Gasteiger partial charge in [-0.2, -0.15) is 8.42 Å². The van der Waals surface area contributed by atoms with E-state index >= 15 is 0 Å². The summed E-state index contributed by atoms with van der Waals surface area (Å²) < 4.78 is 32.2. The Morgan fingerprint density at radius 3 is 2.90 bits per heavy atom. The fraction of sp³-hybridized carbons (Fsp3) is 0.500. The molecule has 1 fully saturated rings. The zero-order chi connectivity index (χ0) is 14.9. The van der Waals surface area contributed by atoms with Crippen molar-refractivity contribution in [3.05, 3.63) is 12.2 Å². The number of carbonyl (C=O) groups is 1. The summed E-state index contributed by atoms with van der Waals surface area (Å²) >= 11 is 4.70. The average Bonchev–Trinajstić information content (AvgIpc) is 2.91. The third-order valence-corrected chi connectivity index (χ3v) is 3.06. The number of ketones is 1. The molecule has 0 aliphatic carbocycles. The fourth-order valence-electron chi connectivity index (χ4n) is 1.61. The predicted octanol–water partition coefficient (Wildman–Crippen LogP) is -2.01. The van der Waals surface area contributed by atoms with Gasteiger partial charge in [0.15, 0.2) is 5.78 Å². The molecule has 1 aromatic rings. The van der Waals surface area contributed by atoms with Gasteiger partial charge in [0, 0.05) is 6.42 Å². The molecule has 0 spiro atoms. The molecular formula is C8H11N5O5S2. The van der Waals surface area contributed by atoms with E-state index in [9.17, 15) is 13.2 Å². The smallest absolute Gasteiger partial charge is 0.333 e. The van der Waals surface area contributed by atoms with E-state index in [-0.39, 0.29) is 29.6 Å². The zero-order valence-electron chi connectivity index (χ0n) is 10.0. The zero-order valence-corrected chi connectivity index (χ0v) is 11.6. The maximum absolute atomic E-state index is 11.8. The van der Waals surface area contributed by atoms with Gasteiger partial charge in [-0.1, -0.05) is 12.2 Å². The molecule has 0 radical (unpaired) electrons. The van der Waals surface area contributed by atoms with E-state index < -0.39 is 22.6 Å². The highest BCUT2D eigenvalue weighted by Crippen LogP contribution is 2.24. The lowest BCUT2D eigenvalue weighted by Gasteiger charge is -2.11. The molecule has 1 aliphatic rings. The summed E-state index contributed by atoms with van der Waals surface area (Å²) in [6, 6.07) is 0. The van der Waals surface area contributed by atoms with Crippen molar-refractivity contribution < 1.29 is 22.1 Å². The summed E-state index contributed by atoms with van der Waals surface area (Å²) in [5.41, 5.74) is 5.35. The van der Waals surface area contributed by atoms with E-state index in [1.54, 1.807) is 0 Å². The third kappa shape index (κ3) is 3.55. The van der Waals surface area contributed by atoms with Crippen LogP contribution >= 0.6 is 12.2 Å². The monoisotopic (exact) mass is 321 g/mol. The standard InChI is InChI=1S/C8H11N5O5S2/c9-6(19)7-11-3-13(12-7)8-5(14)1-4(18-8)2-17-20(10,15)16/h3-4,8H,1-2H2,(H2,9,19)(H2,10,15,16)/t4-,8+/m0/s1. The summed E-state index contributed by atoms with van der Waals surface area (Å²) in [5, 5.41) is 8.58. The van der Waals surface area contributed by atoms with Crippen molar-refractivity contribution in [1.82, 2.24) is 14.8 Å². The first-order chi connectivity index (χ1) is 9.26. The van der Waals surface area contributed by atoms with Gasteiger partial charge in [-0.05, 0) is 0 Å². The molecule has 12 heteroatoms. The fourth-order valence-corrected chi connectivity index (χ4v) is 2.05. The Morgan fingerprint density at radius 2 is 2.35 bits per heavy atom. The SMILES string of the molecule is NC(=S)c1ncn([C@@H]2O[C@H](COS(N)(=O)=O)CC2=O)n1. The lowest BCUT2D eigenvalue weighted by molar-refractivity contribution is -0.128. The number of nitrogens with zero attached hydrogens (tertiary/aromatic N) is 3. The first kappa shape index (κ1) is 14.9. The molecule has 20 heavy (non-hydrogen) atoms. The summed E-state index contributed by atoms with van der Waals surface area (Å²) in [7, 11) is -4.08. The predicted molar refractivity (Wildman–Crippen MR) is 68.5 cm³/mol. The Hall–Kier alpha value is -1.47. The molecule has 4 N–H and O–H groups in total. The maximum Gasteiger partial charge on any atom is 0.333 e. The van der Waals surface area contributed by atoms with Crippen LogP contribution in [-0.4, -0.2) is 46.7 Å². The molecule has 2 atom stereocenters. The lowest BCUT2D eigenvalue weighted by Crippen LogP contribution is -2.23. The van der Waals surface area contributed by atoms with Crippen molar-refractivity contribution in [1.29, 1.82) is 0 Å². The normalized spacial score (nSPS) is 23.1. The van der Waals surface area contributed by atoms with Crippen molar-refractivity contribution >= 4 is 33.3 Å². The Kier molecular flexibility index (Phi) is 4.10. The van der Waals surface area contributed by atoms with E-state index in [1.165, 1.54) is 6.33 Å². The molecule has 1 saturated heterocycles. The van der Waals surface area contributed by atoms with Crippen LogP contribution in [0.5, 0.6) is 0 Å². The van der Waals surface area contributed by atoms with E-state index in [0.717, 1.165) is 4.68 Å². The van der Waals surface area contributed by atoms with Crippen LogP contribution in [0.1, 0.15) is 18.5 Å². The minimum atomic E-state index is -4.08. The highest BCUT2D eigenvalue weighted by Gasteiger charge is 2.36. The van der Waals surface area contributed by atoms with Crippen LogP contribution in [0.3, 0.4) is 0 Å². The molecule has 1 aliphatic heterocycles. The van der Waals surface area contributed by atoms with Gasteiger partial charge in [0.05, 0.1) is 12.7 Å². The second-order valence-corrected chi connectivity index (χ2v) is 5.63. The third-order valence-electron chi connectivity index (χ3n) is 2.41. The van der Waals surface area contributed by atoms with E-state index in [2.05, 4.69) is 19.4 Å². The number of carbonyl (C=O) groups excluding carboxylic acids is 1. The topological polar surface area (TPSA) is 152 Å². The molecule has 110 valence electrons. The highest BCUT2D eigenvalue weighted by atomic mass is 32.2. The first-order valence-corrected chi connectivity index (χ1v) is 7.20. The van der Waals surface area contributed by atoms with Crippen LogP contribution in [0, 0.1) is 0 Å². The van der Waals surface area contributed by atoms with Gasteiger partial charge in [-0.3, -0.25) is 8.98 Å². The molecule has 2 heterocycles. The van der Waals surface area contributed by atoms with E-state index in [4.69, 9.17) is 22.7 Å². The molecule has 0 bridgehead atoms. The largest absolute Gasteiger partial charge is 0.387 e. The Morgan fingerprint density at radius 1 is 1.65 bits per heavy atom. The number of rotatable bonds is 5. The minimum Gasteiger partial charge on any atom is -0.387 e. The number of hydrogen-bond donors (Lipinski definition) is 2. The summed E-state index contributed by atoms with van der Waals surface area (Å²) in [6.45, 7) is -0.349. The second-order valence-electron chi connectivity index (χ2n) is 3.97. The molecule has 1 aromatic heterocycles. The molecule has 0 saturated carbocycles. The van der Waals surface area contributed by atoms with Crippen molar-refractivity contribution in [2.45, 2.75) is 18.8 Å².